The SMILES string of the molecule is CS(=O)(=O)c1cccc(C(CC=C(F)F)n2cc(-c3ncnc4[nH]ccc34)cn2)c1.O=C(O)C(F)(F)F. The molecule has 1 unspecified atom stereocenters. The molecule has 0 radical (unpaired) electrons. The smallest absolute Gasteiger partial charge is 0.475 e. The van der Waals surface area contributed by atoms with Crippen molar-refractivity contribution in [1.29, 1.82) is 0 Å². The number of aliphatic carboxylic acids is 1. The first-order valence-electron chi connectivity index (χ1n) is 10.2. The van der Waals surface area contributed by atoms with Gasteiger partial charge in [-0.15, -0.1) is 0 Å². The first-order chi connectivity index (χ1) is 17.3. The van der Waals surface area contributed by atoms with Gasteiger partial charge in [-0.25, -0.2) is 23.2 Å². The summed E-state index contributed by atoms with van der Waals surface area (Å²) in [7, 11) is -3.44. The van der Waals surface area contributed by atoms with Gasteiger partial charge in [0.25, 0.3) is 6.08 Å². The summed E-state index contributed by atoms with van der Waals surface area (Å²) in [6, 6.07) is 7.47. The fourth-order valence-electron chi connectivity index (χ4n) is 3.28. The molecule has 4 rings (SSSR count). The van der Waals surface area contributed by atoms with Gasteiger partial charge in [-0.2, -0.15) is 27.1 Å². The van der Waals surface area contributed by atoms with Crippen LogP contribution >= 0.6 is 0 Å². The molecule has 0 aliphatic rings. The summed E-state index contributed by atoms with van der Waals surface area (Å²) in [5.74, 6) is -2.76. The molecule has 4 aromatic rings. The quantitative estimate of drug-likeness (QED) is 0.340. The first kappa shape index (κ1) is 27.4. The third-order valence-corrected chi connectivity index (χ3v) is 6.07. The van der Waals surface area contributed by atoms with Crippen LogP contribution in [0.3, 0.4) is 0 Å². The molecule has 2 N–H and O–H groups in total. The van der Waals surface area contributed by atoms with E-state index in [-0.39, 0.29) is 11.3 Å². The van der Waals surface area contributed by atoms with Gasteiger partial charge in [0.15, 0.2) is 9.84 Å². The van der Waals surface area contributed by atoms with Crippen molar-refractivity contribution in [1.82, 2.24) is 24.7 Å². The predicted molar refractivity (Wildman–Crippen MR) is 121 cm³/mol. The highest BCUT2D eigenvalue weighted by atomic mass is 32.2. The molecule has 0 amide bonds. The minimum Gasteiger partial charge on any atom is -0.475 e. The molecule has 3 aromatic heterocycles. The van der Waals surface area contributed by atoms with E-state index in [1.165, 1.54) is 23.1 Å². The number of hydrogen-bond acceptors (Lipinski definition) is 6. The number of nitrogens with zero attached hydrogens (tertiary/aromatic N) is 4. The van der Waals surface area contributed by atoms with E-state index in [1.807, 2.05) is 6.07 Å². The van der Waals surface area contributed by atoms with Crippen molar-refractivity contribution in [2.75, 3.05) is 6.26 Å². The molecule has 1 atom stereocenters. The molecular weight excluding hydrogens is 525 g/mol. The summed E-state index contributed by atoms with van der Waals surface area (Å²) >= 11 is 0. The summed E-state index contributed by atoms with van der Waals surface area (Å²) in [5, 5.41) is 12.3. The molecule has 9 nitrogen and oxygen atoms in total. The number of H-pyrrole nitrogens is 1. The van der Waals surface area contributed by atoms with E-state index >= 15 is 0 Å². The van der Waals surface area contributed by atoms with Crippen LogP contribution in [0.5, 0.6) is 0 Å². The molecule has 0 saturated heterocycles. The van der Waals surface area contributed by atoms with Crippen molar-refractivity contribution in [2.45, 2.75) is 23.5 Å². The second-order valence-electron chi connectivity index (χ2n) is 7.56. The Morgan fingerprint density at radius 1 is 1.22 bits per heavy atom. The number of carboxylic acids is 1. The van der Waals surface area contributed by atoms with Crippen LogP contribution in [-0.4, -0.2) is 56.7 Å². The highest BCUT2D eigenvalue weighted by molar-refractivity contribution is 7.90. The van der Waals surface area contributed by atoms with Gasteiger partial charge in [-0.05, 0) is 36.3 Å². The van der Waals surface area contributed by atoms with Crippen LogP contribution in [-0.2, 0) is 14.6 Å². The van der Waals surface area contributed by atoms with Gasteiger partial charge in [0.2, 0.25) is 0 Å². The highest BCUT2D eigenvalue weighted by Crippen LogP contribution is 2.29. The number of fused-ring (bicyclic) bond motifs is 1. The Bertz CT molecular complexity index is 1540. The number of rotatable bonds is 6. The van der Waals surface area contributed by atoms with Crippen LogP contribution in [0.4, 0.5) is 22.0 Å². The van der Waals surface area contributed by atoms with Gasteiger partial charge in [0.05, 0.1) is 22.8 Å². The number of benzene rings is 1. The van der Waals surface area contributed by atoms with Crippen LogP contribution in [0.25, 0.3) is 22.3 Å². The Hall–Kier alpha value is -4.14. The topological polar surface area (TPSA) is 131 Å². The number of halogens is 5. The molecule has 37 heavy (non-hydrogen) atoms. The molecule has 3 heterocycles. The summed E-state index contributed by atoms with van der Waals surface area (Å²) in [6.07, 6.45) is 1.44. The molecule has 0 bridgehead atoms. The fraction of sp³-hybridized carbons (Fsp3) is 0.182. The van der Waals surface area contributed by atoms with E-state index < -0.39 is 34.1 Å². The molecule has 0 spiro atoms. The standard InChI is InChI=1S/C20H17F2N5O2S.C2HF3O2/c1-30(28,29)15-4-2-3-13(9-15)17(5-6-18(21)22)27-11-14(10-26-27)19-16-7-8-23-20(16)25-12-24-19;3-2(4,5)1(6)7/h2-4,6-12,17H,5H2,1H3,(H,23,24,25);(H,6,7). The first-order valence-corrected chi connectivity index (χ1v) is 12.1. The number of hydrogen-bond donors (Lipinski definition) is 2. The molecule has 15 heteroatoms. The van der Waals surface area contributed by atoms with Gasteiger partial charge in [-0.3, -0.25) is 4.68 Å². The maximum Gasteiger partial charge on any atom is 0.490 e. The maximum absolute atomic E-state index is 12.8. The summed E-state index contributed by atoms with van der Waals surface area (Å²) in [5.41, 5.74) is 2.58. The van der Waals surface area contributed by atoms with Crippen LogP contribution in [0.2, 0.25) is 0 Å². The normalized spacial score (nSPS) is 12.5. The van der Waals surface area contributed by atoms with Crippen LogP contribution < -0.4 is 0 Å². The summed E-state index contributed by atoms with van der Waals surface area (Å²) in [6.45, 7) is 0. The predicted octanol–water partition coefficient (Wildman–Crippen LogP) is 4.62. The number of aromatic nitrogens is 5. The van der Waals surface area contributed by atoms with E-state index in [4.69, 9.17) is 9.90 Å². The van der Waals surface area contributed by atoms with Gasteiger partial charge < -0.3 is 10.1 Å². The zero-order valence-electron chi connectivity index (χ0n) is 18.8. The maximum atomic E-state index is 12.8. The Labute approximate surface area is 206 Å². The summed E-state index contributed by atoms with van der Waals surface area (Å²) < 4.78 is 82.8. The van der Waals surface area contributed by atoms with Crippen molar-refractivity contribution in [3.8, 4) is 11.3 Å². The lowest BCUT2D eigenvalue weighted by Gasteiger charge is -2.17. The minimum absolute atomic E-state index is 0.0555. The molecule has 0 saturated carbocycles. The molecular formula is C22H18F5N5O4S. The van der Waals surface area contributed by atoms with E-state index in [1.54, 1.807) is 30.7 Å². The number of carboxylic acid groups (broad SMARTS) is 1. The molecule has 0 aliphatic carbocycles. The monoisotopic (exact) mass is 543 g/mol. The van der Waals surface area contributed by atoms with Crippen molar-refractivity contribution in [3.05, 3.63) is 73.0 Å². The van der Waals surface area contributed by atoms with Gasteiger partial charge in [-0.1, -0.05) is 12.1 Å². The zero-order chi connectivity index (χ0) is 27.4. The molecule has 0 fully saturated rings. The van der Waals surface area contributed by atoms with Gasteiger partial charge >= 0.3 is 12.1 Å². The fourth-order valence-corrected chi connectivity index (χ4v) is 3.96. The van der Waals surface area contributed by atoms with E-state index in [9.17, 15) is 30.4 Å². The van der Waals surface area contributed by atoms with Gasteiger partial charge in [0.1, 0.15) is 12.0 Å². The largest absolute Gasteiger partial charge is 0.490 e. The van der Waals surface area contributed by atoms with Crippen molar-refractivity contribution in [2.24, 2.45) is 0 Å². The summed E-state index contributed by atoms with van der Waals surface area (Å²) in [4.78, 5) is 20.5. The lowest BCUT2D eigenvalue weighted by molar-refractivity contribution is -0.192. The number of sulfone groups is 1. The molecule has 0 aliphatic heterocycles. The van der Waals surface area contributed by atoms with Crippen molar-refractivity contribution in [3.63, 3.8) is 0 Å². The van der Waals surface area contributed by atoms with E-state index in [2.05, 4.69) is 20.1 Å². The average molecular weight is 543 g/mol. The van der Waals surface area contributed by atoms with Crippen molar-refractivity contribution < 1.29 is 40.3 Å². The Morgan fingerprint density at radius 3 is 2.54 bits per heavy atom. The Morgan fingerprint density at radius 2 is 1.92 bits per heavy atom. The molecule has 1 aromatic carbocycles. The van der Waals surface area contributed by atoms with E-state index in [0.29, 0.717) is 22.5 Å². The Kier molecular flexibility index (Phi) is 8.06. The van der Waals surface area contributed by atoms with Crippen LogP contribution in [0.15, 0.2) is 72.3 Å². The second kappa shape index (κ2) is 10.9. The van der Waals surface area contributed by atoms with Crippen LogP contribution in [0, 0.1) is 0 Å². The van der Waals surface area contributed by atoms with E-state index in [0.717, 1.165) is 17.7 Å². The third-order valence-electron chi connectivity index (χ3n) is 4.96. The number of aromatic amines is 1. The minimum atomic E-state index is -5.08. The Balaban J connectivity index is 0.000000479. The number of carbonyl (C=O) groups is 1. The number of alkyl halides is 3. The second-order valence-corrected chi connectivity index (χ2v) is 9.58. The molecule has 196 valence electrons. The number of allylic oxidation sites excluding steroid dienone is 1. The van der Waals surface area contributed by atoms with Gasteiger partial charge in [0, 0.05) is 29.6 Å². The number of nitrogens with one attached hydrogen (secondary N) is 1. The lowest BCUT2D eigenvalue weighted by atomic mass is 10.0. The lowest BCUT2D eigenvalue weighted by Crippen LogP contribution is -2.21. The zero-order valence-corrected chi connectivity index (χ0v) is 19.6. The van der Waals surface area contributed by atoms with Crippen LogP contribution in [0.1, 0.15) is 18.0 Å². The average Bonchev–Trinajstić information content (AvgIpc) is 3.48. The third kappa shape index (κ3) is 6.97. The van der Waals surface area contributed by atoms with Crippen molar-refractivity contribution >= 4 is 26.8 Å². The highest BCUT2D eigenvalue weighted by Gasteiger charge is 2.38.